The van der Waals surface area contributed by atoms with E-state index in [9.17, 15) is 5.11 Å². The van der Waals surface area contributed by atoms with Crippen LogP contribution in [0.25, 0.3) is 11.4 Å². The molecule has 0 spiro atoms. The molecule has 0 saturated carbocycles. The highest BCUT2D eigenvalue weighted by atomic mass is 79.9. The lowest BCUT2D eigenvalue weighted by molar-refractivity contribution is 0.372. The van der Waals surface area contributed by atoms with Gasteiger partial charge in [0.15, 0.2) is 17.3 Å². The fourth-order valence-electron chi connectivity index (χ4n) is 2.03. The minimum absolute atomic E-state index is 0.0330. The van der Waals surface area contributed by atoms with Crippen LogP contribution < -0.4 is 4.74 Å². The second-order valence-electron chi connectivity index (χ2n) is 4.70. The molecular weight excluding hydrogens is 394 g/mol. The quantitative estimate of drug-likeness (QED) is 0.513. The number of rotatable bonds is 4. The highest BCUT2D eigenvalue weighted by Gasteiger charge is 2.09. The zero-order valence-electron chi connectivity index (χ0n) is 12.5. The summed E-state index contributed by atoms with van der Waals surface area (Å²) >= 11 is 8.50. The number of phenolic OH excluding ortho intramolecular Hbond substituents is 1. The monoisotopic (exact) mass is 405 g/mol. The van der Waals surface area contributed by atoms with Crippen LogP contribution in [-0.4, -0.2) is 38.3 Å². The number of nitrogens with zero attached hydrogens (tertiary/aromatic N) is 4. The van der Waals surface area contributed by atoms with Crippen molar-refractivity contribution in [3.8, 4) is 22.9 Å². The van der Waals surface area contributed by atoms with Gasteiger partial charge in [-0.3, -0.25) is 4.98 Å². The van der Waals surface area contributed by atoms with E-state index < -0.39 is 0 Å². The molecule has 3 rings (SSSR count). The van der Waals surface area contributed by atoms with Crippen LogP contribution in [0.3, 0.4) is 0 Å². The van der Waals surface area contributed by atoms with Gasteiger partial charge in [-0.1, -0.05) is 0 Å². The third-order valence-electron chi connectivity index (χ3n) is 3.16. The van der Waals surface area contributed by atoms with Crippen LogP contribution in [0.1, 0.15) is 5.56 Å². The van der Waals surface area contributed by atoms with E-state index in [1.807, 2.05) is 12.1 Å². The van der Waals surface area contributed by atoms with Crippen molar-refractivity contribution in [1.29, 1.82) is 0 Å². The van der Waals surface area contributed by atoms with E-state index >= 15 is 0 Å². The molecule has 0 aliphatic heterocycles. The summed E-state index contributed by atoms with van der Waals surface area (Å²) < 4.78 is 7.49. The maximum Gasteiger partial charge on any atom is 0.216 e. The smallest absolute Gasteiger partial charge is 0.216 e. The SMILES string of the molecule is COc1cc(/C=N/n2c(-c3cccnc3)n[nH]c2=S)cc(Br)c1O. The zero-order chi connectivity index (χ0) is 17.1. The Morgan fingerprint density at radius 1 is 1.46 bits per heavy atom. The molecule has 2 N–H and O–H groups in total. The lowest BCUT2D eigenvalue weighted by atomic mass is 10.2. The fraction of sp³-hybridized carbons (Fsp3) is 0.0667. The van der Waals surface area contributed by atoms with E-state index in [0.717, 1.165) is 11.1 Å². The summed E-state index contributed by atoms with van der Waals surface area (Å²) in [4.78, 5) is 4.07. The highest BCUT2D eigenvalue weighted by molar-refractivity contribution is 9.10. The molecule has 7 nitrogen and oxygen atoms in total. The Hall–Kier alpha value is -2.52. The number of hydrogen-bond donors (Lipinski definition) is 2. The molecule has 2 aromatic heterocycles. The van der Waals surface area contributed by atoms with Crippen molar-refractivity contribution in [3.63, 3.8) is 0 Å². The van der Waals surface area contributed by atoms with Crippen molar-refractivity contribution in [3.05, 3.63) is 51.5 Å². The minimum Gasteiger partial charge on any atom is -0.503 e. The maximum absolute atomic E-state index is 9.85. The van der Waals surface area contributed by atoms with Gasteiger partial charge in [0.05, 0.1) is 17.8 Å². The van der Waals surface area contributed by atoms with Crippen molar-refractivity contribution in [2.45, 2.75) is 0 Å². The summed E-state index contributed by atoms with van der Waals surface area (Å²) in [5.41, 5.74) is 1.50. The molecule has 0 saturated heterocycles. The summed E-state index contributed by atoms with van der Waals surface area (Å²) in [6.45, 7) is 0. The van der Waals surface area contributed by atoms with Gasteiger partial charge in [0.25, 0.3) is 0 Å². The number of aromatic nitrogens is 4. The number of pyridine rings is 1. The Morgan fingerprint density at radius 3 is 3.00 bits per heavy atom. The molecule has 0 unspecified atom stereocenters. The summed E-state index contributed by atoms with van der Waals surface area (Å²) in [5, 5.41) is 21.1. The molecule has 0 bridgehead atoms. The first-order chi connectivity index (χ1) is 11.6. The van der Waals surface area contributed by atoms with Crippen LogP contribution in [0.15, 0.2) is 46.2 Å². The average Bonchev–Trinajstić information content (AvgIpc) is 2.97. The second-order valence-corrected chi connectivity index (χ2v) is 5.95. The van der Waals surface area contributed by atoms with Crippen LogP contribution in [0.2, 0.25) is 0 Å². The van der Waals surface area contributed by atoms with E-state index in [1.54, 1.807) is 30.7 Å². The van der Waals surface area contributed by atoms with E-state index in [4.69, 9.17) is 17.0 Å². The fourth-order valence-corrected chi connectivity index (χ4v) is 2.67. The van der Waals surface area contributed by atoms with E-state index in [0.29, 0.717) is 20.8 Å². The third-order valence-corrected chi connectivity index (χ3v) is 4.03. The first-order valence-electron chi connectivity index (χ1n) is 6.79. The first kappa shape index (κ1) is 16.3. The normalized spacial score (nSPS) is 11.1. The molecule has 24 heavy (non-hydrogen) atoms. The van der Waals surface area contributed by atoms with Gasteiger partial charge in [-0.15, -0.1) is 0 Å². The summed E-state index contributed by atoms with van der Waals surface area (Å²) in [5.74, 6) is 0.925. The van der Waals surface area contributed by atoms with Gasteiger partial charge in [0.1, 0.15) is 0 Å². The number of methoxy groups -OCH3 is 1. The van der Waals surface area contributed by atoms with Gasteiger partial charge in [-0.05, 0) is 58.0 Å². The van der Waals surface area contributed by atoms with Crippen molar-refractivity contribution in [1.82, 2.24) is 19.9 Å². The average molecular weight is 406 g/mol. The predicted molar refractivity (Wildman–Crippen MR) is 96.0 cm³/mol. The third kappa shape index (κ3) is 3.22. The molecule has 0 radical (unpaired) electrons. The largest absolute Gasteiger partial charge is 0.503 e. The van der Waals surface area contributed by atoms with Crippen LogP contribution >= 0.6 is 28.1 Å². The molecule has 3 aromatic rings. The summed E-state index contributed by atoms with van der Waals surface area (Å²) in [7, 11) is 1.48. The molecule has 0 amide bonds. The van der Waals surface area contributed by atoms with Crippen LogP contribution in [0, 0.1) is 4.77 Å². The second kappa shape index (κ2) is 6.93. The Bertz CT molecular complexity index is 952. The summed E-state index contributed by atoms with van der Waals surface area (Å²) in [6, 6.07) is 7.05. The number of aromatic amines is 1. The molecule has 122 valence electrons. The first-order valence-corrected chi connectivity index (χ1v) is 7.99. The zero-order valence-corrected chi connectivity index (χ0v) is 14.9. The van der Waals surface area contributed by atoms with Crippen molar-refractivity contribution in [2.24, 2.45) is 5.10 Å². The van der Waals surface area contributed by atoms with Crippen molar-refractivity contribution in [2.75, 3.05) is 7.11 Å². The van der Waals surface area contributed by atoms with Crippen LogP contribution in [0.4, 0.5) is 0 Å². The molecule has 2 heterocycles. The number of halogens is 1. The highest BCUT2D eigenvalue weighted by Crippen LogP contribution is 2.34. The maximum atomic E-state index is 9.85. The Morgan fingerprint density at radius 2 is 2.29 bits per heavy atom. The topological polar surface area (TPSA) is 88.3 Å². The molecular formula is C15H12BrN5O2S. The van der Waals surface area contributed by atoms with Crippen molar-refractivity contribution < 1.29 is 9.84 Å². The van der Waals surface area contributed by atoms with Gasteiger partial charge in [0, 0.05) is 18.0 Å². The summed E-state index contributed by atoms with van der Waals surface area (Å²) in [6.07, 6.45) is 4.95. The van der Waals surface area contributed by atoms with Gasteiger partial charge in [-0.2, -0.15) is 14.9 Å². The number of hydrogen-bond acceptors (Lipinski definition) is 6. The van der Waals surface area contributed by atoms with Gasteiger partial charge in [-0.25, -0.2) is 5.10 Å². The van der Waals surface area contributed by atoms with E-state index in [-0.39, 0.29) is 5.75 Å². The number of aromatic hydroxyl groups is 1. The van der Waals surface area contributed by atoms with Gasteiger partial charge >= 0.3 is 0 Å². The number of ether oxygens (including phenoxy) is 1. The van der Waals surface area contributed by atoms with Gasteiger partial charge < -0.3 is 9.84 Å². The number of nitrogens with one attached hydrogen (secondary N) is 1. The Balaban J connectivity index is 2.01. The van der Waals surface area contributed by atoms with Gasteiger partial charge in [0.2, 0.25) is 4.77 Å². The molecule has 9 heteroatoms. The van der Waals surface area contributed by atoms with Crippen molar-refractivity contribution >= 4 is 34.4 Å². The van der Waals surface area contributed by atoms with Crippen LogP contribution in [0.5, 0.6) is 11.5 Å². The van der Waals surface area contributed by atoms with Crippen LogP contribution in [-0.2, 0) is 0 Å². The van der Waals surface area contributed by atoms with E-state index in [1.165, 1.54) is 11.8 Å². The molecule has 1 aromatic carbocycles. The lowest BCUT2D eigenvalue weighted by Crippen LogP contribution is -1.96. The molecule has 0 fully saturated rings. The number of benzene rings is 1. The standard InChI is InChI=1S/C15H12BrN5O2S/c1-23-12-6-9(5-11(16)13(12)22)7-18-21-14(19-20-15(21)24)10-3-2-4-17-8-10/h2-8,22H,1H3,(H,20,24)/b18-7+. The number of H-pyrrole nitrogens is 1. The lowest BCUT2D eigenvalue weighted by Gasteiger charge is -2.06. The molecule has 0 aliphatic rings. The van der Waals surface area contributed by atoms with E-state index in [2.05, 4.69) is 36.2 Å². The minimum atomic E-state index is 0.0330. The Kier molecular flexibility index (Phi) is 4.72. The molecule has 0 atom stereocenters. The molecule has 0 aliphatic carbocycles. The predicted octanol–water partition coefficient (Wildman–Crippen LogP) is 3.36. The Labute approximate surface area is 150 Å². The number of phenols is 1.